The van der Waals surface area contributed by atoms with Crippen LogP contribution in [0.2, 0.25) is 0 Å². The van der Waals surface area contributed by atoms with Crippen LogP contribution in [0.15, 0.2) is 54.9 Å². The molecule has 1 N–H and O–H groups in total. The third kappa shape index (κ3) is 2.27. The summed E-state index contributed by atoms with van der Waals surface area (Å²) < 4.78 is 0. The molecule has 3 heteroatoms. The molecule has 3 nitrogen and oxygen atoms in total. The Balaban J connectivity index is 2.16. The lowest BCUT2D eigenvalue weighted by Crippen LogP contribution is -1.97. The second-order valence-corrected chi connectivity index (χ2v) is 4.34. The van der Waals surface area contributed by atoms with E-state index in [2.05, 4.69) is 46.5 Å². The van der Waals surface area contributed by atoms with E-state index in [9.17, 15) is 0 Å². The molecule has 0 radical (unpaired) electrons. The molecule has 0 aliphatic heterocycles. The summed E-state index contributed by atoms with van der Waals surface area (Å²) in [5.41, 5.74) is 4.09. The number of benzene rings is 1. The Morgan fingerprint density at radius 1 is 1.00 bits per heavy atom. The zero-order valence-corrected chi connectivity index (χ0v) is 10.8. The van der Waals surface area contributed by atoms with Gasteiger partial charge < -0.3 is 5.32 Å². The molecule has 0 unspecified atom stereocenters. The molecule has 0 aliphatic carbocycles. The number of nitrogens with one attached hydrogen (secondary N) is 1. The van der Waals surface area contributed by atoms with Crippen molar-refractivity contribution in [1.82, 2.24) is 9.97 Å². The van der Waals surface area contributed by atoms with Gasteiger partial charge in [-0.15, -0.1) is 0 Å². The summed E-state index contributed by atoms with van der Waals surface area (Å²) in [6, 6.07) is 14.2. The van der Waals surface area contributed by atoms with Crippen molar-refractivity contribution in [3.8, 4) is 11.3 Å². The summed E-state index contributed by atoms with van der Waals surface area (Å²) in [5.74, 6) is 0. The zero-order valence-electron chi connectivity index (χ0n) is 10.8. The first-order valence-corrected chi connectivity index (χ1v) is 6.42. The molecule has 0 saturated heterocycles. The van der Waals surface area contributed by atoms with E-state index in [1.165, 1.54) is 0 Å². The highest BCUT2D eigenvalue weighted by atomic mass is 14.9. The number of nitrogens with zero attached hydrogens (tertiary/aromatic N) is 2. The fourth-order valence-corrected chi connectivity index (χ4v) is 2.20. The van der Waals surface area contributed by atoms with Crippen LogP contribution in [-0.4, -0.2) is 16.5 Å². The first-order chi connectivity index (χ1) is 9.38. The SMILES string of the molecule is CCNc1ccnc(-c2cccc3cccnc23)c1. The molecule has 0 aliphatic rings. The van der Waals surface area contributed by atoms with Gasteiger partial charge in [0, 0.05) is 35.6 Å². The number of hydrogen-bond donors (Lipinski definition) is 1. The minimum absolute atomic E-state index is 0.900. The van der Waals surface area contributed by atoms with Gasteiger partial charge in [0.1, 0.15) is 0 Å². The smallest absolute Gasteiger partial charge is 0.0795 e. The first-order valence-electron chi connectivity index (χ1n) is 6.42. The average molecular weight is 249 g/mol. The summed E-state index contributed by atoms with van der Waals surface area (Å²) in [6.07, 6.45) is 3.65. The second kappa shape index (κ2) is 5.06. The van der Waals surface area contributed by atoms with Gasteiger partial charge in [-0.1, -0.05) is 24.3 Å². The standard InChI is InChI=1S/C16H15N3/c1-2-17-13-8-10-18-15(11-13)14-7-3-5-12-6-4-9-19-16(12)14/h3-11H,2H2,1H3,(H,17,18). The third-order valence-electron chi connectivity index (χ3n) is 3.05. The summed E-state index contributed by atoms with van der Waals surface area (Å²) >= 11 is 0. The van der Waals surface area contributed by atoms with E-state index >= 15 is 0 Å². The molecule has 0 amide bonds. The highest BCUT2D eigenvalue weighted by Gasteiger charge is 2.06. The number of fused-ring (bicyclic) bond motifs is 1. The van der Waals surface area contributed by atoms with Gasteiger partial charge in [-0.2, -0.15) is 0 Å². The van der Waals surface area contributed by atoms with E-state index in [-0.39, 0.29) is 0 Å². The van der Waals surface area contributed by atoms with Gasteiger partial charge in [-0.25, -0.2) is 0 Å². The Morgan fingerprint density at radius 3 is 2.79 bits per heavy atom. The molecule has 2 aromatic heterocycles. The minimum Gasteiger partial charge on any atom is -0.385 e. The van der Waals surface area contributed by atoms with E-state index in [4.69, 9.17) is 0 Å². The lowest BCUT2D eigenvalue weighted by molar-refractivity contribution is 1.20. The number of rotatable bonds is 3. The van der Waals surface area contributed by atoms with Crippen molar-refractivity contribution in [1.29, 1.82) is 0 Å². The Morgan fingerprint density at radius 2 is 1.89 bits per heavy atom. The minimum atomic E-state index is 0.900. The summed E-state index contributed by atoms with van der Waals surface area (Å²) in [5, 5.41) is 4.44. The van der Waals surface area contributed by atoms with Gasteiger partial charge in [0.05, 0.1) is 11.2 Å². The molecule has 2 heterocycles. The van der Waals surface area contributed by atoms with Crippen LogP contribution in [0.5, 0.6) is 0 Å². The summed E-state index contributed by atoms with van der Waals surface area (Å²) in [6.45, 7) is 2.98. The Labute approximate surface area is 112 Å². The Kier molecular flexibility index (Phi) is 3.11. The van der Waals surface area contributed by atoms with Crippen LogP contribution < -0.4 is 5.32 Å². The van der Waals surface area contributed by atoms with Crippen molar-refractivity contribution in [2.75, 3.05) is 11.9 Å². The second-order valence-electron chi connectivity index (χ2n) is 4.34. The number of anilines is 1. The molecule has 0 atom stereocenters. The fraction of sp³-hybridized carbons (Fsp3) is 0.125. The van der Waals surface area contributed by atoms with Crippen molar-refractivity contribution >= 4 is 16.6 Å². The molecule has 3 rings (SSSR count). The van der Waals surface area contributed by atoms with Gasteiger partial charge in [-0.3, -0.25) is 9.97 Å². The van der Waals surface area contributed by atoms with Crippen molar-refractivity contribution in [3.05, 3.63) is 54.9 Å². The molecule has 1 aromatic carbocycles. The van der Waals surface area contributed by atoms with E-state index in [0.29, 0.717) is 0 Å². The van der Waals surface area contributed by atoms with Crippen LogP contribution >= 0.6 is 0 Å². The summed E-state index contributed by atoms with van der Waals surface area (Å²) in [4.78, 5) is 8.93. The van der Waals surface area contributed by atoms with Crippen LogP contribution in [0.1, 0.15) is 6.92 Å². The molecule has 0 saturated carbocycles. The molecule has 0 fully saturated rings. The van der Waals surface area contributed by atoms with Crippen molar-refractivity contribution in [2.45, 2.75) is 6.92 Å². The Hall–Kier alpha value is -2.42. The van der Waals surface area contributed by atoms with Crippen molar-refractivity contribution in [2.24, 2.45) is 0 Å². The Bertz CT molecular complexity index is 702. The molecule has 19 heavy (non-hydrogen) atoms. The largest absolute Gasteiger partial charge is 0.385 e. The van der Waals surface area contributed by atoms with Crippen LogP contribution in [-0.2, 0) is 0 Å². The lowest BCUT2D eigenvalue weighted by Gasteiger charge is -2.07. The van der Waals surface area contributed by atoms with Crippen LogP contribution in [0.3, 0.4) is 0 Å². The third-order valence-corrected chi connectivity index (χ3v) is 3.05. The van der Waals surface area contributed by atoms with E-state index in [1.807, 2.05) is 30.6 Å². The number of aromatic nitrogens is 2. The molecule has 0 spiro atoms. The van der Waals surface area contributed by atoms with Crippen LogP contribution in [0.25, 0.3) is 22.2 Å². The number of pyridine rings is 2. The van der Waals surface area contributed by atoms with Crippen LogP contribution in [0.4, 0.5) is 5.69 Å². The van der Waals surface area contributed by atoms with E-state index in [0.717, 1.165) is 34.4 Å². The van der Waals surface area contributed by atoms with Gasteiger partial charge in [0.25, 0.3) is 0 Å². The predicted molar refractivity (Wildman–Crippen MR) is 79.1 cm³/mol. The molecule has 3 aromatic rings. The molecular weight excluding hydrogens is 234 g/mol. The van der Waals surface area contributed by atoms with Crippen LogP contribution in [0, 0.1) is 0 Å². The molecule has 0 bridgehead atoms. The number of hydrogen-bond acceptors (Lipinski definition) is 3. The predicted octanol–water partition coefficient (Wildman–Crippen LogP) is 3.73. The van der Waals surface area contributed by atoms with Gasteiger partial charge in [0.15, 0.2) is 0 Å². The molecular formula is C16H15N3. The normalized spacial score (nSPS) is 10.6. The van der Waals surface area contributed by atoms with Gasteiger partial charge in [0.2, 0.25) is 0 Å². The summed E-state index contributed by atoms with van der Waals surface area (Å²) in [7, 11) is 0. The van der Waals surface area contributed by atoms with E-state index in [1.54, 1.807) is 0 Å². The van der Waals surface area contributed by atoms with Crippen molar-refractivity contribution in [3.63, 3.8) is 0 Å². The fourth-order valence-electron chi connectivity index (χ4n) is 2.20. The number of para-hydroxylation sites is 1. The average Bonchev–Trinajstić information content (AvgIpc) is 2.47. The first kappa shape index (κ1) is 11.7. The van der Waals surface area contributed by atoms with Gasteiger partial charge >= 0.3 is 0 Å². The maximum atomic E-state index is 4.47. The van der Waals surface area contributed by atoms with Crippen molar-refractivity contribution < 1.29 is 0 Å². The quantitative estimate of drug-likeness (QED) is 0.768. The maximum absolute atomic E-state index is 4.47. The highest BCUT2D eigenvalue weighted by Crippen LogP contribution is 2.26. The monoisotopic (exact) mass is 249 g/mol. The maximum Gasteiger partial charge on any atom is 0.0795 e. The topological polar surface area (TPSA) is 37.8 Å². The zero-order chi connectivity index (χ0) is 13.1. The lowest BCUT2D eigenvalue weighted by atomic mass is 10.1. The van der Waals surface area contributed by atoms with Gasteiger partial charge in [-0.05, 0) is 25.1 Å². The molecule has 94 valence electrons. The highest BCUT2D eigenvalue weighted by molar-refractivity contribution is 5.92. The van der Waals surface area contributed by atoms with E-state index < -0.39 is 0 Å².